The fraction of sp³-hybridized carbons (Fsp3) is 0.333. The van der Waals surface area contributed by atoms with E-state index in [0.717, 1.165) is 0 Å². The molecule has 0 spiro atoms. The Hall–Kier alpha value is -1.52. The molecule has 5 nitrogen and oxygen atoms in total. The maximum atomic E-state index is 8.99. The van der Waals surface area contributed by atoms with Crippen molar-refractivity contribution in [2.24, 2.45) is 0 Å². The van der Waals surface area contributed by atoms with E-state index in [1.165, 1.54) is 0 Å². The van der Waals surface area contributed by atoms with Gasteiger partial charge in [0.05, 0.1) is 0 Å². The first-order valence-corrected chi connectivity index (χ1v) is 3.16. The van der Waals surface area contributed by atoms with Crippen LogP contribution in [-0.2, 0) is 0 Å². The van der Waals surface area contributed by atoms with Gasteiger partial charge >= 0.3 is 0 Å². The van der Waals surface area contributed by atoms with Crippen molar-refractivity contribution in [3.63, 3.8) is 0 Å². The van der Waals surface area contributed by atoms with E-state index in [9.17, 15) is 0 Å². The van der Waals surface area contributed by atoms with Crippen LogP contribution < -0.4 is 11.1 Å². The maximum absolute atomic E-state index is 8.99. The van der Waals surface area contributed by atoms with E-state index in [-0.39, 0.29) is 11.6 Å². The highest BCUT2D eigenvalue weighted by molar-refractivity contribution is 5.62. The minimum Gasteiger partial charge on any atom is -0.491 e. The van der Waals surface area contributed by atoms with Gasteiger partial charge in [0.1, 0.15) is 5.69 Å². The largest absolute Gasteiger partial charge is 0.491 e. The van der Waals surface area contributed by atoms with Gasteiger partial charge in [0.2, 0.25) is 0 Å². The van der Waals surface area contributed by atoms with Gasteiger partial charge in [-0.15, -0.1) is 10.2 Å². The summed E-state index contributed by atoms with van der Waals surface area (Å²) in [5, 5.41) is 18.9. The summed E-state index contributed by atoms with van der Waals surface area (Å²) in [4.78, 5) is 0. The Balaban J connectivity index is 3.25. The molecule has 1 rings (SSSR count). The fourth-order valence-corrected chi connectivity index (χ4v) is 0.759. The van der Waals surface area contributed by atoms with Crippen LogP contribution in [0.1, 0.15) is 5.56 Å². The summed E-state index contributed by atoms with van der Waals surface area (Å²) in [5.41, 5.74) is 6.44. The molecule has 0 amide bonds. The van der Waals surface area contributed by atoms with Gasteiger partial charge in [-0.3, -0.25) is 0 Å². The van der Waals surface area contributed by atoms with Crippen molar-refractivity contribution in [1.29, 1.82) is 0 Å². The number of nitrogen functional groups attached to an aromatic ring is 1. The molecule has 0 saturated carbocycles. The van der Waals surface area contributed by atoms with E-state index in [4.69, 9.17) is 10.8 Å². The average Bonchev–Trinajstić information content (AvgIpc) is 2.01. The molecular weight excluding hydrogens is 144 g/mol. The molecule has 11 heavy (non-hydrogen) atoms. The van der Waals surface area contributed by atoms with Crippen LogP contribution in [0, 0.1) is 6.92 Å². The summed E-state index contributed by atoms with van der Waals surface area (Å²) in [7, 11) is 1.72. The zero-order valence-corrected chi connectivity index (χ0v) is 6.42. The van der Waals surface area contributed by atoms with E-state index in [1.807, 2.05) is 0 Å². The summed E-state index contributed by atoms with van der Waals surface area (Å²) in [6.45, 7) is 1.76. The SMILES string of the molecule is CNc1nnc(O)c(N)c1C. The van der Waals surface area contributed by atoms with E-state index in [0.29, 0.717) is 11.4 Å². The van der Waals surface area contributed by atoms with E-state index in [1.54, 1.807) is 14.0 Å². The molecule has 1 aromatic rings. The zero-order valence-electron chi connectivity index (χ0n) is 6.42. The van der Waals surface area contributed by atoms with Crippen molar-refractivity contribution in [1.82, 2.24) is 10.2 Å². The predicted molar refractivity (Wildman–Crippen MR) is 42.4 cm³/mol. The van der Waals surface area contributed by atoms with Gasteiger partial charge < -0.3 is 16.2 Å². The van der Waals surface area contributed by atoms with E-state index < -0.39 is 0 Å². The van der Waals surface area contributed by atoms with Gasteiger partial charge in [0, 0.05) is 12.6 Å². The standard InChI is InChI=1S/C6H10N4O/c1-3-4(7)6(11)10-9-5(3)8-2/h1-2H3,(H,10,11)(H3,7,8,9). The molecule has 0 fully saturated rings. The van der Waals surface area contributed by atoms with Crippen molar-refractivity contribution in [2.45, 2.75) is 6.92 Å². The second-order valence-corrected chi connectivity index (χ2v) is 2.16. The number of rotatable bonds is 1. The van der Waals surface area contributed by atoms with Crippen molar-refractivity contribution in [3.8, 4) is 5.88 Å². The summed E-state index contributed by atoms with van der Waals surface area (Å²) >= 11 is 0. The van der Waals surface area contributed by atoms with Crippen molar-refractivity contribution >= 4 is 11.5 Å². The molecule has 5 heteroatoms. The molecule has 0 aliphatic carbocycles. The van der Waals surface area contributed by atoms with Crippen molar-refractivity contribution < 1.29 is 5.11 Å². The highest BCUT2D eigenvalue weighted by Gasteiger charge is 2.06. The molecular formula is C6H10N4O. The molecule has 0 aromatic carbocycles. The number of nitrogens with one attached hydrogen (secondary N) is 1. The van der Waals surface area contributed by atoms with Crippen LogP contribution in [0.4, 0.5) is 11.5 Å². The van der Waals surface area contributed by atoms with Crippen molar-refractivity contribution in [2.75, 3.05) is 18.1 Å². The lowest BCUT2D eigenvalue weighted by molar-refractivity contribution is 0.448. The smallest absolute Gasteiger partial charge is 0.254 e. The first kappa shape index (κ1) is 7.59. The lowest BCUT2D eigenvalue weighted by Gasteiger charge is -2.05. The highest BCUT2D eigenvalue weighted by Crippen LogP contribution is 2.23. The van der Waals surface area contributed by atoms with Crippen LogP contribution >= 0.6 is 0 Å². The number of anilines is 2. The molecule has 0 atom stereocenters. The number of hydrogen-bond acceptors (Lipinski definition) is 5. The fourth-order valence-electron chi connectivity index (χ4n) is 0.759. The first-order chi connectivity index (χ1) is 5.16. The molecule has 0 unspecified atom stereocenters. The normalized spacial score (nSPS) is 9.64. The first-order valence-electron chi connectivity index (χ1n) is 3.16. The Morgan fingerprint density at radius 1 is 1.45 bits per heavy atom. The molecule has 0 aliphatic rings. The molecule has 1 aromatic heterocycles. The topological polar surface area (TPSA) is 84.1 Å². The number of aromatic nitrogens is 2. The summed E-state index contributed by atoms with van der Waals surface area (Å²) in [6, 6.07) is 0. The third-order valence-corrected chi connectivity index (χ3v) is 1.48. The molecule has 1 heterocycles. The predicted octanol–water partition coefficient (Wildman–Crippen LogP) is 0.115. The lowest BCUT2D eigenvalue weighted by atomic mass is 10.2. The quantitative estimate of drug-likeness (QED) is 0.534. The van der Waals surface area contributed by atoms with Gasteiger partial charge in [-0.05, 0) is 6.92 Å². The van der Waals surface area contributed by atoms with E-state index >= 15 is 0 Å². The van der Waals surface area contributed by atoms with Gasteiger partial charge in [0.25, 0.3) is 5.88 Å². The second-order valence-electron chi connectivity index (χ2n) is 2.16. The number of hydrogen-bond donors (Lipinski definition) is 3. The Morgan fingerprint density at radius 3 is 2.64 bits per heavy atom. The van der Waals surface area contributed by atoms with Crippen LogP contribution in [0.25, 0.3) is 0 Å². The van der Waals surface area contributed by atoms with Gasteiger partial charge in [-0.2, -0.15) is 0 Å². The minimum absolute atomic E-state index is 0.221. The van der Waals surface area contributed by atoms with Gasteiger partial charge in [0.15, 0.2) is 5.82 Å². The number of nitrogens with two attached hydrogens (primary N) is 1. The third-order valence-electron chi connectivity index (χ3n) is 1.48. The maximum Gasteiger partial charge on any atom is 0.254 e. The van der Waals surface area contributed by atoms with Crippen LogP contribution in [0.2, 0.25) is 0 Å². The number of nitrogens with zero attached hydrogens (tertiary/aromatic N) is 2. The highest BCUT2D eigenvalue weighted by atomic mass is 16.3. The van der Waals surface area contributed by atoms with Crippen LogP contribution in [-0.4, -0.2) is 22.4 Å². The molecule has 0 bridgehead atoms. The van der Waals surface area contributed by atoms with Crippen LogP contribution in [0.5, 0.6) is 5.88 Å². The minimum atomic E-state index is -0.221. The zero-order chi connectivity index (χ0) is 8.43. The molecule has 0 aliphatic heterocycles. The average molecular weight is 154 g/mol. The van der Waals surface area contributed by atoms with Crippen molar-refractivity contribution in [3.05, 3.63) is 5.56 Å². The third kappa shape index (κ3) is 1.17. The van der Waals surface area contributed by atoms with Gasteiger partial charge in [-0.1, -0.05) is 0 Å². The summed E-state index contributed by atoms with van der Waals surface area (Å²) in [6.07, 6.45) is 0. The Morgan fingerprint density at radius 2 is 2.09 bits per heavy atom. The van der Waals surface area contributed by atoms with E-state index in [2.05, 4.69) is 15.5 Å². The molecule has 4 N–H and O–H groups in total. The summed E-state index contributed by atoms with van der Waals surface area (Å²) in [5.74, 6) is 0.363. The number of aromatic hydroxyl groups is 1. The molecule has 0 radical (unpaired) electrons. The van der Waals surface area contributed by atoms with Crippen LogP contribution in [0.15, 0.2) is 0 Å². The Labute approximate surface area is 64.3 Å². The molecule has 0 saturated heterocycles. The second kappa shape index (κ2) is 2.61. The Kier molecular flexibility index (Phi) is 1.80. The lowest BCUT2D eigenvalue weighted by Crippen LogP contribution is -2.01. The summed E-state index contributed by atoms with van der Waals surface area (Å²) < 4.78 is 0. The Bertz CT molecular complexity index is 274. The van der Waals surface area contributed by atoms with Gasteiger partial charge in [-0.25, -0.2) is 0 Å². The van der Waals surface area contributed by atoms with Crippen LogP contribution in [0.3, 0.4) is 0 Å². The molecule has 60 valence electrons. The monoisotopic (exact) mass is 154 g/mol.